The third-order valence-electron chi connectivity index (χ3n) is 6.92. The fourth-order valence-corrected chi connectivity index (χ4v) is 4.54. The van der Waals surface area contributed by atoms with Gasteiger partial charge < -0.3 is 29.8 Å². The number of carbonyl (C=O) groups excluding carboxylic acids is 2. The van der Waals surface area contributed by atoms with Crippen LogP contribution in [0.4, 0.5) is 23.7 Å². The van der Waals surface area contributed by atoms with Crippen LogP contribution >= 0.6 is 0 Å². The minimum absolute atomic E-state index is 0.0282. The van der Waals surface area contributed by atoms with E-state index in [4.69, 9.17) is 9.15 Å². The Bertz CT molecular complexity index is 1720. The summed E-state index contributed by atoms with van der Waals surface area (Å²) >= 11 is 0. The molecule has 3 N–H and O–H groups in total. The molecule has 1 aromatic heterocycles. The molecule has 3 aromatic carbocycles. The molecule has 2 atom stereocenters. The van der Waals surface area contributed by atoms with E-state index in [1.807, 2.05) is 19.0 Å². The highest BCUT2D eigenvalue weighted by molar-refractivity contribution is 5.90. The van der Waals surface area contributed by atoms with E-state index in [2.05, 4.69) is 10.6 Å². The van der Waals surface area contributed by atoms with Gasteiger partial charge in [-0.3, -0.25) is 4.79 Å². The molecule has 0 radical (unpaired) electrons. The molecule has 2 amide bonds. The van der Waals surface area contributed by atoms with Crippen LogP contribution in [0.3, 0.4) is 0 Å². The number of halogens is 3. The van der Waals surface area contributed by atoms with Crippen molar-refractivity contribution in [3.05, 3.63) is 112 Å². The minimum Gasteiger partial charge on any atom is -0.480 e. The van der Waals surface area contributed by atoms with Crippen molar-refractivity contribution in [2.45, 2.75) is 37.7 Å². The van der Waals surface area contributed by atoms with E-state index >= 15 is 0 Å². The van der Waals surface area contributed by atoms with Gasteiger partial charge in [0.2, 0.25) is 5.91 Å². The van der Waals surface area contributed by atoms with Crippen LogP contribution in [-0.4, -0.2) is 49.3 Å². The lowest BCUT2D eigenvalue weighted by atomic mass is 10.0. The summed E-state index contributed by atoms with van der Waals surface area (Å²) in [5.74, 6) is -2.27. The Hall–Kier alpha value is -5.33. The monoisotopic (exact) mass is 625 g/mol. The van der Waals surface area contributed by atoms with Gasteiger partial charge in [-0.2, -0.15) is 13.2 Å². The maximum absolute atomic E-state index is 13.3. The number of benzene rings is 3. The molecule has 0 aliphatic carbocycles. The molecule has 4 rings (SSSR count). The van der Waals surface area contributed by atoms with E-state index in [-0.39, 0.29) is 25.0 Å². The van der Waals surface area contributed by atoms with E-state index in [0.717, 1.165) is 30.0 Å². The van der Waals surface area contributed by atoms with Crippen LogP contribution in [0, 0.1) is 0 Å². The number of anilines is 1. The third kappa shape index (κ3) is 8.85. The lowest BCUT2D eigenvalue weighted by Crippen LogP contribution is -2.53. The van der Waals surface area contributed by atoms with Crippen molar-refractivity contribution in [2.75, 3.05) is 19.0 Å². The number of hydrogen-bond acceptors (Lipinski definition) is 7. The number of hydrogen-bond donors (Lipinski definition) is 3. The molecule has 0 spiro atoms. The van der Waals surface area contributed by atoms with Crippen molar-refractivity contribution in [3.63, 3.8) is 0 Å². The maximum Gasteiger partial charge on any atom is 0.416 e. The number of aliphatic carboxylic acids is 1. The topological polar surface area (TPSA) is 138 Å². The molecular weight excluding hydrogens is 595 g/mol. The van der Waals surface area contributed by atoms with Crippen LogP contribution in [0.2, 0.25) is 0 Å². The van der Waals surface area contributed by atoms with Crippen LogP contribution in [0.25, 0.3) is 11.0 Å². The normalized spacial score (nSPS) is 12.6. The van der Waals surface area contributed by atoms with Gasteiger partial charge >= 0.3 is 23.9 Å². The summed E-state index contributed by atoms with van der Waals surface area (Å²) in [5, 5.41) is 15.1. The summed E-state index contributed by atoms with van der Waals surface area (Å²) in [6.45, 7) is -0.333. The molecule has 4 aromatic rings. The van der Waals surface area contributed by atoms with Gasteiger partial charge in [-0.15, -0.1) is 0 Å². The number of carboxylic acids is 1. The quantitative estimate of drug-likeness (QED) is 0.207. The Morgan fingerprint density at radius 3 is 2.16 bits per heavy atom. The number of nitrogens with zero attached hydrogens (tertiary/aromatic N) is 1. The third-order valence-corrected chi connectivity index (χ3v) is 6.92. The highest BCUT2D eigenvalue weighted by Crippen LogP contribution is 2.29. The van der Waals surface area contributed by atoms with Crippen LogP contribution in [0.5, 0.6) is 0 Å². The summed E-state index contributed by atoms with van der Waals surface area (Å²) in [5.41, 5.74) is 0.808. The van der Waals surface area contributed by atoms with E-state index in [9.17, 15) is 37.5 Å². The molecule has 0 saturated heterocycles. The zero-order valence-electron chi connectivity index (χ0n) is 24.3. The Morgan fingerprint density at radius 2 is 1.53 bits per heavy atom. The van der Waals surface area contributed by atoms with Gasteiger partial charge in [0, 0.05) is 55.7 Å². The van der Waals surface area contributed by atoms with Gasteiger partial charge in [0.25, 0.3) is 0 Å². The summed E-state index contributed by atoms with van der Waals surface area (Å²) in [6, 6.07) is 16.1. The number of ether oxygens (including phenoxy) is 1. The van der Waals surface area contributed by atoms with Crippen LogP contribution < -0.4 is 21.2 Å². The fourth-order valence-electron chi connectivity index (χ4n) is 4.54. The van der Waals surface area contributed by atoms with E-state index in [0.29, 0.717) is 22.1 Å². The van der Waals surface area contributed by atoms with Crippen molar-refractivity contribution < 1.29 is 41.8 Å². The summed E-state index contributed by atoms with van der Waals surface area (Å²) in [4.78, 5) is 52.1. The lowest BCUT2D eigenvalue weighted by Gasteiger charge is -2.22. The molecule has 0 fully saturated rings. The van der Waals surface area contributed by atoms with Crippen molar-refractivity contribution >= 4 is 34.6 Å². The van der Waals surface area contributed by atoms with Gasteiger partial charge in [0.05, 0.1) is 5.56 Å². The van der Waals surface area contributed by atoms with Gasteiger partial charge in [0.15, 0.2) is 0 Å². The fraction of sp³-hybridized carbons (Fsp3) is 0.250. The van der Waals surface area contributed by atoms with Crippen LogP contribution in [0.1, 0.15) is 22.3 Å². The number of amides is 2. The van der Waals surface area contributed by atoms with E-state index in [1.54, 1.807) is 48.5 Å². The first-order valence-corrected chi connectivity index (χ1v) is 13.7. The van der Waals surface area contributed by atoms with Crippen molar-refractivity contribution in [1.29, 1.82) is 0 Å². The molecule has 0 bridgehead atoms. The first kappa shape index (κ1) is 32.6. The average molecular weight is 626 g/mol. The molecule has 0 unspecified atom stereocenters. The summed E-state index contributed by atoms with van der Waals surface area (Å²) < 4.78 is 49.4. The highest BCUT2D eigenvalue weighted by atomic mass is 19.4. The molecule has 0 aliphatic heterocycles. The van der Waals surface area contributed by atoms with E-state index < -0.39 is 47.4 Å². The Balaban J connectivity index is 1.48. The molecule has 236 valence electrons. The first-order valence-electron chi connectivity index (χ1n) is 13.7. The standard InChI is InChI=1S/C32H30F3N3O7/c1-38(2)23-12-13-24-21(16-28(39)45-27(24)17-23)18-44-31(43)37-25(14-19-6-4-3-5-7-19)29(40)36-26(30(41)42)15-20-8-10-22(11-9-20)32(33,34)35/h3-13,16-17,25-26H,14-15,18H2,1-2H3,(H,36,40)(H,37,43)(H,41,42)/t25-,26-/m0/s1. The van der Waals surface area contributed by atoms with Gasteiger partial charge in [-0.1, -0.05) is 42.5 Å². The number of carboxylic acid groups (broad SMARTS) is 1. The lowest BCUT2D eigenvalue weighted by molar-refractivity contribution is -0.142. The zero-order valence-corrected chi connectivity index (χ0v) is 24.3. The second kappa shape index (κ2) is 14.0. The van der Waals surface area contributed by atoms with Crippen LogP contribution in [0.15, 0.2) is 88.1 Å². The smallest absolute Gasteiger partial charge is 0.416 e. The average Bonchev–Trinajstić information content (AvgIpc) is 2.99. The number of fused-ring (bicyclic) bond motifs is 1. The molecule has 0 aliphatic rings. The molecule has 45 heavy (non-hydrogen) atoms. The Morgan fingerprint density at radius 1 is 0.889 bits per heavy atom. The first-order chi connectivity index (χ1) is 21.3. The predicted molar refractivity (Wildman–Crippen MR) is 159 cm³/mol. The predicted octanol–water partition coefficient (Wildman–Crippen LogP) is 4.53. The molecule has 10 nitrogen and oxygen atoms in total. The van der Waals surface area contributed by atoms with Gasteiger partial charge in [0.1, 0.15) is 24.3 Å². The zero-order chi connectivity index (χ0) is 32.7. The number of alkyl halides is 3. The number of rotatable bonds is 11. The largest absolute Gasteiger partial charge is 0.480 e. The minimum atomic E-state index is -4.56. The SMILES string of the molecule is CN(C)c1ccc2c(COC(=O)N[C@@H](Cc3ccccc3)C(=O)N[C@@H](Cc3ccc(C(F)(F)F)cc3)C(=O)O)cc(=O)oc2c1. The van der Waals surface area contributed by atoms with E-state index in [1.165, 1.54) is 6.07 Å². The van der Waals surface area contributed by atoms with Crippen molar-refractivity contribution in [3.8, 4) is 0 Å². The second-order valence-corrected chi connectivity index (χ2v) is 10.4. The highest BCUT2D eigenvalue weighted by Gasteiger charge is 2.31. The number of nitrogens with one attached hydrogen (secondary N) is 2. The maximum atomic E-state index is 13.3. The number of carbonyl (C=O) groups is 3. The van der Waals surface area contributed by atoms with Crippen molar-refractivity contribution in [2.24, 2.45) is 0 Å². The summed E-state index contributed by atoms with van der Waals surface area (Å²) in [6.07, 6.45) is -5.90. The Kier molecular flexibility index (Phi) is 10.1. The van der Waals surface area contributed by atoms with Crippen molar-refractivity contribution in [1.82, 2.24) is 10.6 Å². The van der Waals surface area contributed by atoms with Gasteiger partial charge in [-0.05, 0) is 35.4 Å². The molecule has 13 heteroatoms. The molecule has 1 heterocycles. The number of alkyl carbamates (subject to hydrolysis) is 1. The molecule has 0 saturated carbocycles. The van der Waals surface area contributed by atoms with Gasteiger partial charge in [-0.25, -0.2) is 14.4 Å². The van der Waals surface area contributed by atoms with Crippen LogP contribution in [-0.2, 0) is 40.0 Å². The summed E-state index contributed by atoms with van der Waals surface area (Å²) in [7, 11) is 3.65. The Labute approximate surface area is 255 Å². The second-order valence-electron chi connectivity index (χ2n) is 10.4. The molecular formula is C32H30F3N3O7.